The molecule has 7 heteroatoms. The SMILES string of the molecule is CN(C)C(CNc1ccc(C#N)cc1[N+](=O)[O-])c1ccc(Cl)cc1. The number of benzene rings is 2. The van der Waals surface area contributed by atoms with Gasteiger partial charge < -0.3 is 10.2 Å². The number of nitro groups is 1. The molecule has 124 valence electrons. The van der Waals surface area contributed by atoms with E-state index in [1.807, 2.05) is 49.3 Å². The monoisotopic (exact) mass is 344 g/mol. The number of hydrogen-bond donors (Lipinski definition) is 1. The standard InChI is InChI=1S/C17H17ClN4O2/c1-21(2)17(13-4-6-14(18)7-5-13)11-20-15-8-3-12(10-19)9-16(15)22(23)24/h3-9,17,20H,11H2,1-2H3. The normalized spacial score (nSPS) is 11.8. The van der Waals surface area contributed by atoms with Gasteiger partial charge in [0.15, 0.2) is 0 Å². The molecule has 0 aliphatic heterocycles. The molecule has 0 fully saturated rings. The first-order chi connectivity index (χ1) is 11.4. The molecule has 24 heavy (non-hydrogen) atoms. The van der Waals surface area contributed by atoms with Gasteiger partial charge in [0.1, 0.15) is 5.69 Å². The van der Waals surface area contributed by atoms with Crippen molar-refractivity contribution in [2.75, 3.05) is 26.0 Å². The number of halogens is 1. The van der Waals surface area contributed by atoms with Crippen LogP contribution in [0, 0.1) is 21.4 Å². The molecule has 1 unspecified atom stereocenters. The van der Waals surface area contributed by atoms with Crippen molar-refractivity contribution >= 4 is 23.0 Å². The van der Waals surface area contributed by atoms with Crippen molar-refractivity contribution in [2.45, 2.75) is 6.04 Å². The number of rotatable bonds is 6. The Labute approximate surface area is 145 Å². The van der Waals surface area contributed by atoms with E-state index in [0.717, 1.165) is 5.56 Å². The molecule has 0 saturated carbocycles. The Hall–Kier alpha value is -2.62. The summed E-state index contributed by atoms with van der Waals surface area (Å²) in [5.41, 5.74) is 1.59. The van der Waals surface area contributed by atoms with Crippen LogP contribution in [0.25, 0.3) is 0 Å². The molecular weight excluding hydrogens is 328 g/mol. The molecule has 1 N–H and O–H groups in total. The topological polar surface area (TPSA) is 82.2 Å². The Morgan fingerprint density at radius 2 is 1.96 bits per heavy atom. The molecule has 0 amide bonds. The molecule has 0 bridgehead atoms. The van der Waals surface area contributed by atoms with E-state index in [1.54, 1.807) is 12.1 Å². The van der Waals surface area contributed by atoms with E-state index >= 15 is 0 Å². The van der Waals surface area contributed by atoms with Crippen LogP contribution in [0.2, 0.25) is 5.02 Å². The quantitative estimate of drug-likeness (QED) is 0.636. The van der Waals surface area contributed by atoms with E-state index in [2.05, 4.69) is 5.32 Å². The fraction of sp³-hybridized carbons (Fsp3) is 0.235. The molecule has 6 nitrogen and oxygen atoms in total. The lowest BCUT2D eigenvalue weighted by Gasteiger charge is -2.25. The minimum Gasteiger partial charge on any atom is -0.378 e. The maximum Gasteiger partial charge on any atom is 0.293 e. The first-order valence-corrected chi connectivity index (χ1v) is 7.64. The summed E-state index contributed by atoms with van der Waals surface area (Å²) in [7, 11) is 3.88. The maximum absolute atomic E-state index is 11.2. The van der Waals surface area contributed by atoms with Crippen LogP contribution in [-0.4, -0.2) is 30.5 Å². The summed E-state index contributed by atoms with van der Waals surface area (Å²) in [5.74, 6) is 0. The van der Waals surface area contributed by atoms with Crippen LogP contribution in [-0.2, 0) is 0 Å². The average molecular weight is 345 g/mol. The van der Waals surface area contributed by atoms with Crippen molar-refractivity contribution in [1.82, 2.24) is 4.90 Å². The van der Waals surface area contributed by atoms with Crippen molar-refractivity contribution in [3.05, 3.63) is 68.7 Å². The lowest BCUT2D eigenvalue weighted by atomic mass is 10.1. The van der Waals surface area contributed by atoms with Gasteiger partial charge in [-0.15, -0.1) is 0 Å². The zero-order chi connectivity index (χ0) is 17.7. The highest BCUT2D eigenvalue weighted by Gasteiger charge is 2.18. The summed E-state index contributed by atoms with van der Waals surface area (Å²) < 4.78 is 0. The van der Waals surface area contributed by atoms with Crippen molar-refractivity contribution < 1.29 is 4.92 Å². The van der Waals surface area contributed by atoms with Gasteiger partial charge in [0.2, 0.25) is 0 Å². The molecule has 1 atom stereocenters. The first kappa shape index (κ1) is 17.7. The number of nitrogens with one attached hydrogen (secondary N) is 1. The van der Waals surface area contributed by atoms with E-state index in [4.69, 9.17) is 16.9 Å². The molecule has 0 saturated heterocycles. The highest BCUT2D eigenvalue weighted by atomic mass is 35.5. The van der Waals surface area contributed by atoms with Crippen LogP contribution < -0.4 is 5.32 Å². The Balaban J connectivity index is 2.22. The second-order valence-electron chi connectivity index (χ2n) is 5.51. The van der Waals surface area contributed by atoms with E-state index in [0.29, 0.717) is 17.3 Å². The number of nitriles is 1. The molecule has 0 aliphatic carbocycles. The van der Waals surface area contributed by atoms with Gasteiger partial charge >= 0.3 is 0 Å². The smallest absolute Gasteiger partial charge is 0.293 e. The summed E-state index contributed by atoms with van der Waals surface area (Å²) in [6.45, 7) is 0.474. The molecule has 0 heterocycles. The third-order valence-corrected chi connectivity index (χ3v) is 3.94. The molecule has 2 aromatic rings. The predicted molar refractivity (Wildman–Crippen MR) is 94.2 cm³/mol. The third-order valence-electron chi connectivity index (χ3n) is 3.69. The molecule has 0 aliphatic rings. The van der Waals surface area contributed by atoms with E-state index in [9.17, 15) is 10.1 Å². The number of hydrogen-bond acceptors (Lipinski definition) is 5. The Bertz CT molecular complexity index is 769. The zero-order valence-corrected chi connectivity index (χ0v) is 14.1. The fourth-order valence-corrected chi connectivity index (χ4v) is 2.52. The van der Waals surface area contributed by atoms with Crippen molar-refractivity contribution in [3.8, 4) is 6.07 Å². The number of anilines is 1. The summed E-state index contributed by atoms with van der Waals surface area (Å²) in [4.78, 5) is 12.7. The Morgan fingerprint density at radius 3 is 2.50 bits per heavy atom. The van der Waals surface area contributed by atoms with Gasteiger partial charge in [0.05, 0.1) is 22.6 Å². The number of likely N-dealkylation sites (N-methyl/N-ethyl adjacent to an activating group) is 1. The van der Waals surface area contributed by atoms with Gasteiger partial charge in [-0.3, -0.25) is 10.1 Å². The van der Waals surface area contributed by atoms with Gasteiger partial charge in [-0.2, -0.15) is 5.26 Å². The van der Waals surface area contributed by atoms with E-state index in [1.165, 1.54) is 6.07 Å². The second-order valence-corrected chi connectivity index (χ2v) is 5.95. The first-order valence-electron chi connectivity index (χ1n) is 7.26. The maximum atomic E-state index is 11.2. The average Bonchev–Trinajstić information content (AvgIpc) is 2.56. The number of nitro benzene ring substituents is 1. The summed E-state index contributed by atoms with van der Waals surface area (Å²) >= 11 is 5.92. The van der Waals surface area contributed by atoms with Crippen LogP contribution in [0.15, 0.2) is 42.5 Å². The van der Waals surface area contributed by atoms with Crippen molar-refractivity contribution in [3.63, 3.8) is 0 Å². The van der Waals surface area contributed by atoms with Gasteiger partial charge in [-0.05, 0) is 43.9 Å². The molecule has 0 aromatic heterocycles. The zero-order valence-electron chi connectivity index (χ0n) is 13.4. The second kappa shape index (κ2) is 7.77. The van der Waals surface area contributed by atoms with Crippen molar-refractivity contribution in [1.29, 1.82) is 5.26 Å². The van der Waals surface area contributed by atoms with Gasteiger partial charge in [-0.1, -0.05) is 23.7 Å². The lowest BCUT2D eigenvalue weighted by molar-refractivity contribution is -0.384. The minimum atomic E-state index is -0.490. The molecule has 0 spiro atoms. The lowest BCUT2D eigenvalue weighted by Crippen LogP contribution is -2.27. The van der Waals surface area contributed by atoms with Crippen LogP contribution in [0.5, 0.6) is 0 Å². The predicted octanol–water partition coefficient (Wildman–Crippen LogP) is 3.83. The summed E-state index contributed by atoms with van der Waals surface area (Å²) in [6.07, 6.45) is 0. The highest BCUT2D eigenvalue weighted by Crippen LogP contribution is 2.27. The Kier molecular flexibility index (Phi) is 5.74. The molecule has 2 rings (SSSR count). The van der Waals surface area contributed by atoms with E-state index in [-0.39, 0.29) is 17.3 Å². The van der Waals surface area contributed by atoms with Crippen LogP contribution in [0.1, 0.15) is 17.2 Å². The minimum absolute atomic E-state index is 0.0116. The third kappa shape index (κ3) is 4.22. The summed E-state index contributed by atoms with van der Waals surface area (Å²) in [6, 6.07) is 13.8. The highest BCUT2D eigenvalue weighted by molar-refractivity contribution is 6.30. The largest absolute Gasteiger partial charge is 0.378 e. The van der Waals surface area contributed by atoms with Crippen LogP contribution in [0.4, 0.5) is 11.4 Å². The van der Waals surface area contributed by atoms with Gasteiger partial charge in [-0.25, -0.2) is 0 Å². The summed E-state index contributed by atoms with van der Waals surface area (Å²) in [5, 5.41) is 23.9. The van der Waals surface area contributed by atoms with Crippen molar-refractivity contribution in [2.24, 2.45) is 0 Å². The Morgan fingerprint density at radius 1 is 1.29 bits per heavy atom. The number of nitrogens with zero attached hydrogens (tertiary/aromatic N) is 3. The van der Waals surface area contributed by atoms with Gasteiger partial charge in [0.25, 0.3) is 5.69 Å². The molecular formula is C17H17ClN4O2. The molecule has 2 aromatic carbocycles. The molecule has 0 radical (unpaired) electrons. The van der Waals surface area contributed by atoms with Crippen LogP contribution in [0.3, 0.4) is 0 Å². The fourth-order valence-electron chi connectivity index (χ4n) is 2.39. The van der Waals surface area contributed by atoms with Crippen LogP contribution >= 0.6 is 11.6 Å². The van der Waals surface area contributed by atoms with E-state index < -0.39 is 4.92 Å². The van der Waals surface area contributed by atoms with Gasteiger partial charge in [0, 0.05) is 17.6 Å².